The summed E-state index contributed by atoms with van der Waals surface area (Å²) >= 11 is 6.22. The largest absolute Gasteiger partial charge is 0.484 e. The van der Waals surface area contributed by atoms with Gasteiger partial charge in [0.05, 0.1) is 10.6 Å². The first kappa shape index (κ1) is 22.2. The molecule has 2 aromatic carbocycles. The Morgan fingerprint density at radius 3 is 2.43 bits per heavy atom. The number of carbonyl (C=O) groups is 2. The molecule has 3 rings (SSSR count). The Hall–Kier alpha value is -2.53. The lowest BCUT2D eigenvalue weighted by molar-refractivity contribution is -0.118. The first-order chi connectivity index (χ1) is 14.4. The first-order valence-electron chi connectivity index (χ1n) is 10.6. The molecule has 0 bridgehead atoms. The molecule has 5 nitrogen and oxygen atoms in total. The number of amides is 2. The van der Waals surface area contributed by atoms with Crippen molar-refractivity contribution in [3.05, 3.63) is 58.6 Å². The summed E-state index contributed by atoms with van der Waals surface area (Å²) in [6, 6.07) is 12.8. The number of ether oxygens (including phenoxy) is 1. The molecule has 1 saturated carbocycles. The number of carbonyl (C=O) groups excluding carboxylic acids is 2. The molecule has 0 saturated heterocycles. The summed E-state index contributed by atoms with van der Waals surface area (Å²) in [4.78, 5) is 24.9. The van der Waals surface area contributed by atoms with Gasteiger partial charge in [0.1, 0.15) is 5.75 Å². The van der Waals surface area contributed by atoms with Crippen LogP contribution in [0, 0.1) is 0 Å². The van der Waals surface area contributed by atoms with Crippen molar-refractivity contribution < 1.29 is 14.3 Å². The third kappa shape index (κ3) is 6.23. The van der Waals surface area contributed by atoms with Crippen LogP contribution in [0.1, 0.15) is 67.8 Å². The fourth-order valence-electron chi connectivity index (χ4n) is 3.58. The Morgan fingerprint density at radius 2 is 1.77 bits per heavy atom. The van der Waals surface area contributed by atoms with E-state index in [1.165, 1.54) is 12.0 Å². The zero-order valence-electron chi connectivity index (χ0n) is 17.5. The van der Waals surface area contributed by atoms with E-state index in [4.69, 9.17) is 16.3 Å². The van der Waals surface area contributed by atoms with Crippen LogP contribution in [0.5, 0.6) is 5.75 Å². The Morgan fingerprint density at radius 1 is 1.07 bits per heavy atom. The molecule has 6 heteroatoms. The van der Waals surface area contributed by atoms with Crippen molar-refractivity contribution in [3.63, 3.8) is 0 Å². The molecule has 2 amide bonds. The van der Waals surface area contributed by atoms with Crippen molar-refractivity contribution in [2.75, 3.05) is 11.9 Å². The van der Waals surface area contributed by atoms with Crippen LogP contribution in [0.3, 0.4) is 0 Å². The molecule has 0 aromatic heterocycles. The SMILES string of the molecule is CC(C)c1ccc(OCC(=O)Nc2ccc(Cl)c(C(=O)NC3CCCCC3)c2)cc1. The molecule has 1 fully saturated rings. The fourth-order valence-corrected chi connectivity index (χ4v) is 3.79. The zero-order chi connectivity index (χ0) is 21.5. The van der Waals surface area contributed by atoms with Gasteiger partial charge in [0.2, 0.25) is 0 Å². The van der Waals surface area contributed by atoms with Gasteiger partial charge in [-0.25, -0.2) is 0 Å². The minimum Gasteiger partial charge on any atom is -0.484 e. The van der Waals surface area contributed by atoms with Gasteiger partial charge in [-0.3, -0.25) is 9.59 Å². The van der Waals surface area contributed by atoms with Crippen LogP contribution < -0.4 is 15.4 Å². The second kappa shape index (κ2) is 10.5. The average Bonchev–Trinajstić information content (AvgIpc) is 2.74. The van der Waals surface area contributed by atoms with Gasteiger partial charge in [0.25, 0.3) is 11.8 Å². The topological polar surface area (TPSA) is 67.4 Å². The first-order valence-corrected chi connectivity index (χ1v) is 10.9. The number of benzene rings is 2. The number of hydrogen-bond acceptors (Lipinski definition) is 3. The van der Waals surface area contributed by atoms with E-state index in [-0.39, 0.29) is 24.5 Å². The molecular weight excluding hydrogens is 400 g/mol. The Bertz CT molecular complexity index is 875. The van der Waals surface area contributed by atoms with E-state index in [1.807, 2.05) is 24.3 Å². The molecule has 0 heterocycles. The molecule has 0 spiro atoms. The van der Waals surface area contributed by atoms with E-state index >= 15 is 0 Å². The predicted octanol–water partition coefficient (Wildman–Crippen LogP) is 5.54. The number of nitrogens with one attached hydrogen (secondary N) is 2. The highest BCUT2D eigenvalue weighted by atomic mass is 35.5. The summed E-state index contributed by atoms with van der Waals surface area (Å²) in [6.07, 6.45) is 5.48. The number of hydrogen-bond donors (Lipinski definition) is 2. The van der Waals surface area contributed by atoms with Gasteiger partial charge in [-0.15, -0.1) is 0 Å². The summed E-state index contributed by atoms with van der Waals surface area (Å²) in [7, 11) is 0. The molecule has 0 atom stereocenters. The Labute approximate surface area is 183 Å². The molecule has 1 aliphatic rings. The van der Waals surface area contributed by atoms with Crippen molar-refractivity contribution in [2.45, 2.75) is 57.9 Å². The lowest BCUT2D eigenvalue weighted by Crippen LogP contribution is -2.36. The molecule has 0 radical (unpaired) electrons. The summed E-state index contributed by atoms with van der Waals surface area (Å²) in [5.41, 5.74) is 2.09. The third-order valence-electron chi connectivity index (χ3n) is 5.35. The number of rotatable bonds is 7. The highest BCUT2D eigenvalue weighted by molar-refractivity contribution is 6.34. The maximum absolute atomic E-state index is 12.6. The van der Waals surface area contributed by atoms with Crippen molar-refractivity contribution in [1.29, 1.82) is 0 Å². The van der Waals surface area contributed by atoms with Crippen LogP contribution in [0.2, 0.25) is 5.02 Å². The van der Waals surface area contributed by atoms with Crippen LogP contribution >= 0.6 is 11.6 Å². The molecule has 0 unspecified atom stereocenters. The van der Waals surface area contributed by atoms with Crippen molar-refractivity contribution in [2.24, 2.45) is 0 Å². The normalized spacial score (nSPS) is 14.4. The predicted molar refractivity (Wildman–Crippen MR) is 120 cm³/mol. The molecule has 2 aromatic rings. The van der Waals surface area contributed by atoms with E-state index in [2.05, 4.69) is 24.5 Å². The summed E-state index contributed by atoms with van der Waals surface area (Å²) in [5, 5.41) is 6.18. The van der Waals surface area contributed by atoms with Crippen molar-refractivity contribution in [1.82, 2.24) is 5.32 Å². The molecular formula is C24H29ClN2O3. The van der Waals surface area contributed by atoms with Crippen molar-refractivity contribution >= 4 is 29.1 Å². The zero-order valence-corrected chi connectivity index (χ0v) is 18.3. The average molecular weight is 429 g/mol. The van der Waals surface area contributed by atoms with Crippen molar-refractivity contribution in [3.8, 4) is 5.75 Å². The quantitative estimate of drug-likeness (QED) is 0.608. The summed E-state index contributed by atoms with van der Waals surface area (Å²) in [5.74, 6) is 0.573. The molecule has 30 heavy (non-hydrogen) atoms. The minimum atomic E-state index is -0.302. The van der Waals surface area contributed by atoms with Crippen LogP contribution in [-0.2, 0) is 4.79 Å². The second-order valence-corrected chi connectivity index (χ2v) is 8.47. The van der Waals surface area contributed by atoms with E-state index in [9.17, 15) is 9.59 Å². The monoisotopic (exact) mass is 428 g/mol. The van der Waals surface area contributed by atoms with Crippen LogP contribution in [-0.4, -0.2) is 24.5 Å². The van der Waals surface area contributed by atoms with E-state index in [0.29, 0.717) is 27.9 Å². The second-order valence-electron chi connectivity index (χ2n) is 8.06. The van der Waals surface area contributed by atoms with Gasteiger partial charge in [0, 0.05) is 11.7 Å². The minimum absolute atomic E-state index is 0.118. The van der Waals surface area contributed by atoms with Crippen LogP contribution in [0.4, 0.5) is 5.69 Å². The smallest absolute Gasteiger partial charge is 0.262 e. The third-order valence-corrected chi connectivity index (χ3v) is 5.68. The molecule has 2 N–H and O–H groups in total. The number of anilines is 1. The molecule has 0 aliphatic heterocycles. The van der Waals surface area contributed by atoms with Gasteiger partial charge in [-0.05, 0) is 54.7 Å². The maximum atomic E-state index is 12.6. The van der Waals surface area contributed by atoms with Gasteiger partial charge in [0.15, 0.2) is 6.61 Å². The lowest BCUT2D eigenvalue weighted by atomic mass is 9.95. The lowest BCUT2D eigenvalue weighted by Gasteiger charge is -2.23. The highest BCUT2D eigenvalue weighted by Gasteiger charge is 2.19. The summed E-state index contributed by atoms with van der Waals surface area (Å²) < 4.78 is 5.56. The standard InChI is InChI=1S/C24H29ClN2O3/c1-16(2)17-8-11-20(12-9-17)30-15-23(28)26-19-10-13-22(25)21(14-19)24(29)27-18-6-4-3-5-7-18/h8-14,16,18H,3-7,15H2,1-2H3,(H,26,28)(H,27,29). The fraction of sp³-hybridized carbons (Fsp3) is 0.417. The van der Waals surface area contributed by atoms with Crippen LogP contribution in [0.15, 0.2) is 42.5 Å². The number of halogens is 1. The van der Waals surface area contributed by atoms with Gasteiger partial charge in [-0.1, -0.05) is 56.8 Å². The molecule has 1 aliphatic carbocycles. The van der Waals surface area contributed by atoms with E-state index < -0.39 is 0 Å². The Kier molecular flexibility index (Phi) is 7.75. The van der Waals surface area contributed by atoms with Gasteiger partial charge in [-0.2, -0.15) is 0 Å². The summed E-state index contributed by atoms with van der Waals surface area (Å²) in [6.45, 7) is 4.13. The molecule has 160 valence electrons. The van der Waals surface area contributed by atoms with Gasteiger partial charge >= 0.3 is 0 Å². The maximum Gasteiger partial charge on any atom is 0.262 e. The van der Waals surface area contributed by atoms with Crippen LogP contribution in [0.25, 0.3) is 0 Å². The van der Waals surface area contributed by atoms with E-state index in [0.717, 1.165) is 25.7 Å². The van der Waals surface area contributed by atoms with Gasteiger partial charge < -0.3 is 15.4 Å². The van der Waals surface area contributed by atoms with E-state index in [1.54, 1.807) is 18.2 Å². The highest BCUT2D eigenvalue weighted by Crippen LogP contribution is 2.23. The Balaban J connectivity index is 1.55.